The highest BCUT2D eigenvalue weighted by molar-refractivity contribution is 6.04. The lowest BCUT2D eigenvalue weighted by atomic mass is 10.1. The van der Waals surface area contributed by atoms with Crippen molar-refractivity contribution in [3.05, 3.63) is 83.9 Å². The summed E-state index contributed by atoms with van der Waals surface area (Å²) in [4.78, 5) is 16.7. The lowest BCUT2D eigenvalue weighted by Crippen LogP contribution is -2.20. The molecular formula is C24H27ClN4O. The second-order valence-electron chi connectivity index (χ2n) is 8.31. The molecule has 2 aliphatic carbocycles. The van der Waals surface area contributed by atoms with E-state index in [0.29, 0.717) is 24.1 Å². The summed E-state index contributed by atoms with van der Waals surface area (Å²) in [7, 11) is 0. The van der Waals surface area contributed by atoms with Gasteiger partial charge in [0.2, 0.25) is 0 Å². The maximum Gasteiger partial charge on any atom is 0.255 e. The highest BCUT2D eigenvalue weighted by Crippen LogP contribution is 2.41. The minimum absolute atomic E-state index is 0. The first-order chi connectivity index (χ1) is 14.2. The molecule has 1 aromatic heterocycles. The quantitative estimate of drug-likeness (QED) is 0.563. The van der Waals surface area contributed by atoms with Crippen molar-refractivity contribution < 1.29 is 4.79 Å². The topological polar surface area (TPSA) is 59.0 Å². The van der Waals surface area contributed by atoms with Gasteiger partial charge in [-0.2, -0.15) is 0 Å². The molecule has 156 valence electrons. The predicted molar refractivity (Wildman–Crippen MR) is 121 cm³/mol. The predicted octanol–water partition coefficient (Wildman–Crippen LogP) is 4.46. The number of halogens is 1. The van der Waals surface area contributed by atoms with E-state index in [1.54, 1.807) is 12.5 Å². The zero-order chi connectivity index (χ0) is 19.6. The average molecular weight is 423 g/mol. The Bertz CT molecular complexity index is 983. The van der Waals surface area contributed by atoms with Crippen molar-refractivity contribution in [3.8, 4) is 0 Å². The third kappa shape index (κ3) is 5.10. The minimum atomic E-state index is -0.0828. The lowest BCUT2D eigenvalue weighted by Gasteiger charge is -2.09. The van der Waals surface area contributed by atoms with E-state index in [1.807, 2.05) is 47.2 Å². The number of amides is 1. The van der Waals surface area contributed by atoms with Crippen LogP contribution in [0.1, 0.15) is 46.7 Å². The molecule has 1 amide bonds. The summed E-state index contributed by atoms with van der Waals surface area (Å²) in [5, 5.41) is 6.70. The Kier molecular flexibility index (Phi) is 6.21. The van der Waals surface area contributed by atoms with E-state index < -0.39 is 0 Å². The zero-order valence-corrected chi connectivity index (χ0v) is 17.6. The van der Waals surface area contributed by atoms with Crippen LogP contribution in [0.25, 0.3) is 0 Å². The number of imidazole rings is 1. The van der Waals surface area contributed by atoms with Crippen LogP contribution in [0, 0.1) is 5.92 Å². The maximum absolute atomic E-state index is 12.7. The standard InChI is InChI=1S/C24H26N4O.ClH/c29-24(20-3-1-2-18(12-20)15-28-11-10-25-16-28)27-21-8-6-19(7-9-21)22-13-23(22)26-14-17-4-5-17;/h1-3,6-12,16-17,22-23,26H,4-5,13-15H2,(H,27,29);1H. The first kappa shape index (κ1) is 20.6. The van der Waals surface area contributed by atoms with Gasteiger partial charge in [0.15, 0.2) is 0 Å². The van der Waals surface area contributed by atoms with Gasteiger partial charge < -0.3 is 15.2 Å². The van der Waals surface area contributed by atoms with Gasteiger partial charge in [-0.05, 0) is 67.1 Å². The maximum atomic E-state index is 12.7. The van der Waals surface area contributed by atoms with Crippen molar-refractivity contribution in [2.45, 2.75) is 37.8 Å². The van der Waals surface area contributed by atoms with Crippen LogP contribution in [0.4, 0.5) is 5.69 Å². The molecule has 2 atom stereocenters. The van der Waals surface area contributed by atoms with Crippen LogP contribution < -0.4 is 10.6 Å². The minimum Gasteiger partial charge on any atom is -0.333 e. The number of nitrogens with zero attached hydrogens (tertiary/aromatic N) is 2. The molecule has 0 aliphatic heterocycles. The van der Waals surface area contributed by atoms with Crippen molar-refractivity contribution >= 4 is 24.0 Å². The molecule has 2 fully saturated rings. The number of hydrogen-bond donors (Lipinski definition) is 2. The van der Waals surface area contributed by atoms with Crippen LogP contribution in [0.2, 0.25) is 0 Å². The van der Waals surface area contributed by atoms with Crippen molar-refractivity contribution in [1.29, 1.82) is 0 Å². The summed E-state index contributed by atoms with van der Waals surface area (Å²) in [6.07, 6.45) is 9.46. The van der Waals surface area contributed by atoms with Crippen molar-refractivity contribution in [3.63, 3.8) is 0 Å². The second kappa shape index (κ2) is 9.02. The van der Waals surface area contributed by atoms with Gasteiger partial charge in [-0.25, -0.2) is 4.98 Å². The molecule has 0 spiro atoms. The number of nitrogens with one attached hydrogen (secondary N) is 2. The number of rotatable bonds is 8. The number of aromatic nitrogens is 2. The lowest BCUT2D eigenvalue weighted by molar-refractivity contribution is 0.102. The Morgan fingerprint density at radius 2 is 1.97 bits per heavy atom. The molecule has 2 aliphatic rings. The van der Waals surface area contributed by atoms with Crippen LogP contribution in [0.3, 0.4) is 0 Å². The number of anilines is 1. The van der Waals surface area contributed by atoms with E-state index in [0.717, 1.165) is 17.2 Å². The zero-order valence-electron chi connectivity index (χ0n) is 16.8. The molecule has 3 aromatic rings. The molecule has 30 heavy (non-hydrogen) atoms. The van der Waals surface area contributed by atoms with E-state index in [9.17, 15) is 4.79 Å². The van der Waals surface area contributed by atoms with E-state index in [4.69, 9.17) is 0 Å². The monoisotopic (exact) mass is 422 g/mol. The van der Waals surface area contributed by atoms with Crippen LogP contribution in [-0.4, -0.2) is 28.0 Å². The van der Waals surface area contributed by atoms with Crippen molar-refractivity contribution in [1.82, 2.24) is 14.9 Å². The van der Waals surface area contributed by atoms with Gasteiger partial charge in [0.25, 0.3) is 5.91 Å². The molecule has 2 N–H and O–H groups in total. The molecular weight excluding hydrogens is 396 g/mol. The van der Waals surface area contributed by atoms with Gasteiger partial charge >= 0.3 is 0 Å². The Hall–Kier alpha value is -2.63. The SMILES string of the molecule is Cl.O=C(Nc1ccc(C2CC2NCC2CC2)cc1)c1cccc(Cn2ccnc2)c1. The first-order valence-electron chi connectivity index (χ1n) is 10.4. The van der Waals surface area contributed by atoms with E-state index >= 15 is 0 Å². The summed E-state index contributed by atoms with van der Waals surface area (Å²) in [6, 6.07) is 16.7. The van der Waals surface area contributed by atoms with Crippen LogP contribution >= 0.6 is 12.4 Å². The fourth-order valence-corrected chi connectivity index (χ4v) is 3.85. The fourth-order valence-electron chi connectivity index (χ4n) is 3.85. The molecule has 5 rings (SSSR count). The van der Waals surface area contributed by atoms with Gasteiger partial charge in [-0.1, -0.05) is 24.3 Å². The third-order valence-electron chi connectivity index (χ3n) is 5.87. The smallest absolute Gasteiger partial charge is 0.255 e. The van der Waals surface area contributed by atoms with Gasteiger partial charge in [-0.15, -0.1) is 12.4 Å². The molecule has 0 radical (unpaired) electrons. The van der Waals surface area contributed by atoms with E-state index in [-0.39, 0.29) is 18.3 Å². The van der Waals surface area contributed by atoms with Gasteiger partial charge in [0.1, 0.15) is 0 Å². The summed E-state index contributed by atoms with van der Waals surface area (Å²) < 4.78 is 1.99. The summed E-state index contributed by atoms with van der Waals surface area (Å²) in [5.41, 5.74) is 3.93. The number of hydrogen-bond acceptors (Lipinski definition) is 3. The van der Waals surface area contributed by atoms with Gasteiger partial charge in [-0.3, -0.25) is 4.79 Å². The summed E-state index contributed by atoms with van der Waals surface area (Å²) >= 11 is 0. The van der Waals surface area contributed by atoms with E-state index in [1.165, 1.54) is 31.4 Å². The van der Waals surface area contributed by atoms with Crippen LogP contribution in [0.5, 0.6) is 0 Å². The molecule has 2 unspecified atom stereocenters. The number of carbonyl (C=O) groups excluding carboxylic acids is 1. The molecule has 0 saturated heterocycles. The third-order valence-corrected chi connectivity index (χ3v) is 5.87. The Morgan fingerprint density at radius 1 is 1.13 bits per heavy atom. The molecule has 6 heteroatoms. The highest BCUT2D eigenvalue weighted by atomic mass is 35.5. The fraction of sp³-hybridized carbons (Fsp3) is 0.333. The molecule has 2 saturated carbocycles. The molecule has 2 aromatic carbocycles. The van der Waals surface area contributed by atoms with Crippen molar-refractivity contribution in [2.75, 3.05) is 11.9 Å². The Balaban J connectivity index is 0.00000218. The highest BCUT2D eigenvalue weighted by Gasteiger charge is 2.38. The second-order valence-corrected chi connectivity index (χ2v) is 8.31. The normalized spacial score (nSPS) is 19.7. The van der Waals surface area contributed by atoms with Gasteiger partial charge in [0.05, 0.1) is 6.33 Å². The van der Waals surface area contributed by atoms with E-state index in [2.05, 4.69) is 27.8 Å². The number of benzene rings is 2. The van der Waals surface area contributed by atoms with Crippen molar-refractivity contribution in [2.24, 2.45) is 5.92 Å². The van der Waals surface area contributed by atoms with Crippen LogP contribution in [-0.2, 0) is 6.54 Å². The molecule has 5 nitrogen and oxygen atoms in total. The largest absolute Gasteiger partial charge is 0.333 e. The first-order valence-corrected chi connectivity index (χ1v) is 10.4. The molecule has 1 heterocycles. The average Bonchev–Trinajstić information content (AvgIpc) is 3.66. The Labute approximate surface area is 183 Å². The number of carbonyl (C=O) groups is 1. The molecule has 0 bridgehead atoms. The van der Waals surface area contributed by atoms with Gasteiger partial charge in [0, 0.05) is 42.1 Å². The van der Waals surface area contributed by atoms with Crippen LogP contribution in [0.15, 0.2) is 67.3 Å². The summed E-state index contributed by atoms with van der Waals surface area (Å²) in [5.74, 6) is 1.46. The Morgan fingerprint density at radius 3 is 2.70 bits per heavy atom. The summed E-state index contributed by atoms with van der Waals surface area (Å²) in [6.45, 7) is 1.88.